The summed E-state index contributed by atoms with van der Waals surface area (Å²) in [6.45, 7) is 1.40. The third-order valence-electron chi connectivity index (χ3n) is 3.95. The van der Waals surface area contributed by atoms with Crippen molar-refractivity contribution in [2.75, 3.05) is 0 Å². The van der Waals surface area contributed by atoms with Crippen molar-refractivity contribution < 1.29 is 18.0 Å². The molecule has 3 aromatic rings. The number of rotatable bonds is 4. The van der Waals surface area contributed by atoms with Gasteiger partial charge in [-0.1, -0.05) is 11.6 Å². The van der Waals surface area contributed by atoms with Crippen LogP contribution in [0, 0.1) is 11.3 Å². The molecule has 10 heteroatoms. The Balaban J connectivity index is 1.77. The van der Waals surface area contributed by atoms with Crippen LogP contribution in [0.1, 0.15) is 22.8 Å². The molecule has 0 aliphatic carbocycles. The van der Waals surface area contributed by atoms with Gasteiger partial charge in [-0.05, 0) is 49.4 Å². The largest absolute Gasteiger partial charge is 0.416 e. The third-order valence-corrected chi connectivity index (χ3v) is 4.19. The first-order valence-electron chi connectivity index (χ1n) is 8.01. The van der Waals surface area contributed by atoms with Crippen molar-refractivity contribution in [1.29, 1.82) is 5.26 Å². The summed E-state index contributed by atoms with van der Waals surface area (Å²) in [4.78, 5) is 13.6. The van der Waals surface area contributed by atoms with Crippen molar-refractivity contribution in [3.63, 3.8) is 0 Å². The number of carbonyl (C=O) groups excluding carboxylic acids is 1. The highest BCUT2D eigenvalue weighted by Crippen LogP contribution is 2.29. The number of amides is 1. The zero-order valence-corrected chi connectivity index (χ0v) is 15.2. The molecule has 0 spiro atoms. The molecule has 0 saturated carbocycles. The van der Waals surface area contributed by atoms with E-state index in [9.17, 15) is 23.2 Å². The van der Waals surface area contributed by atoms with Crippen molar-refractivity contribution in [3.8, 4) is 6.07 Å². The summed E-state index contributed by atoms with van der Waals surface area (Å²) in [7, 11) is 0. The van der Waals surface area contributed by atoms with Gasteiger partial charge in [-0.2, -0.15) is 33.4 Å². The van der Waals surface area contributed by atoms with Gasteiger partial charge in [-0.15, -0.1) is 0 Å². The molecule has 0 radical (unpaired) electrons. The summed E-state index contributed by atoms with van der Waals surface area (Å²) in [5.41, 5.74) is -1.16. The Hall–Kier alpha value is -3.12. The van der Waals surface area contributed by atoms with Crippen molar-refractivity contribution in [1.82, 2.24) is 20.3 Å². The Bertz CT molecular complexity index is 1070. The SMILES string of the molecule is CC(C#N)(Cn1nc2ccc(Cl)cc2n1)NC(=O)c1ccc(C(F)(F)F)cc1. The number of nitriles is 1. The molecule has 1 atom stereocenters. The van der Waals surface area contributed by atoms with Crippen molar-refractivity contribution >= 4 is 28.5 Å². The molecule has 144 valence electrons. The second-order valence-electron chi connectivity index (χ2n) is 6.34. The smallest absolute Gasteiger partial charge is 0.332 e. The highest BCUT2D eigenvalue weighted by atomic mass is 35.5. The number of hydrogen-bond donors (Lipinski definition) is 1. The number of nitrogens with zero attached hydrogens (tertiary/aromatic N) is 4. The maximum atomic E-state index is 12.6. The molecule has 0 aliphatic rings. The van der Waals surface area contributed by atoms with E-state index in [1.807, 2.05) is 6.07 Å². The number of alkyl halides is 3. The Labute approximate surface area is 162 Å². The van der Waals surface area contributed by atoms with Crippen LogP contribution in [0.25, 0.3) is 11.0 Å². The fourth-order valence-electron chi connectivity index (χ4n) is 2.52. The summed E-state index contributed by atoms with van der Waals surface area (Å²) in [6.07, 6.45) is -4.49. The number of halogens is 4. The van der Waals surface area contributed by atoms with E-state index in [2.05, 4.69) is 15.5 Å². The second kappa shape index (κ2) is 7.13. The zero-order chi connectivity index (χ0) is 20.5. The Morgan fingerprint density at radius 1 is 1.18 bits per heavy atom. The van der Waals surface area contributed by atoms with Crippen LogP contribution in [0.3, 0.4) is 0 Å². The summed E-state index contributed by atoms with van der Waals surface area (Å²) in [5.74, 6) is -0.683. The van der Waals surface area contributed by atoms with E-state index >= 15 is 0 Å². The fraction of sp³-hybridized carbons (Fsp3) is 0.222. The van der Waals surface area contributed by atoms with Crippen molar-refractivity contribution in [3.05, 3.63) is 58.6 Å². The van der Waals surface area contributed by atoms with Crippen LogP contribution in [0.15, 0.2) is 42.5 Å². The van der Waals surface area contributed by atoms with Crippen LogP contribution in [0.4, 0.5) is 13.2 Å². The highest BCUT2D eigenvalue weighted by molar-refractivity contribution is 6.31. The number of hydrogen-bond acceptors (Lipinski definition) is 4. The Kier molecular flexibility index (Phi) is 5.00. The van der Waals surface area contributed by atoms with E-state index in [1.165, 1.54) is 11.7 Å². The maximum absolute atomic E-state index is 12.6. The lowest BCUT2D eigenvalue weighted by molar-refractivity contribution is -0.137. The van der Waals surface area contributed by atoms with Crippen LogP contribution < -0.4 is 5.32 Å². The quantitative estimate of drug-likeness (QED) is 0.712. The first-order chi connectivity index (χ1) is 13.1. The molecule has 0 fully saturated rings. The van der Waals surface area contributed by atoms with Crippen LogP contribution in [-0.2, 0) is 12.7 Å². The van der Waals surface area contributed by atoms with Gasteiger partial charge in [-0.25, -0.2) is 0 Å². The van der Waals surface area contributed by atoms with E-state index in [-0.39, 0.29) is 12.1 Å². The predicted molar refractivity (Wildman–Crippen MR) is 95.5 cm³/mol. The fourth-order valence-corrected chi connectivity index (χ4v) is 2.69. The minimum Gasteiger partial charge on any atom is -0.332 e. The average molecular weight is 408 g/mol. The molecule has 1 unspecified atom stereocenters. The Morgan fingerprint density at radius 2 is 1.82 bits per heavy atom. The van der Waals surface area contributed by atoms with E-state index in [0.717, 1.165) is 24.3 Å². The standard InChI is InChI=1S/C18H13ClF3N5O/c1-17(9-23,10-27-25-14-7-6-13(19)8-15(14)26-27)24-16(28)11-2-4-12(5-3-11)18(20,21)22/h2-8H,10H2,1H3,(H,24,28). The van der Waals surface area contributed by atoms with E-state index in [4.69, 9.17) is 11.6 Å². The lowest BCUT2D eigenvalue weighted by Crippen LogP contribution is -2.48. The monoisotopic (exact) mass is 407 g/mol. The van der Waals surface area contributed by atoms with Gasteiger partial charge < -0.3 is 5.32 Å². The summed E-state index contributed by atoms with van der Waals surface area (Å²) >= 11 is 5.91. The van der Waals surface area contributed by atoms with E-state index in [1.54, 1.807) is 18.2 Å². The lowest BCUT2D eigenvalue weighted by Gasteiger charge is -2.22. The molecule has 28 heavy (non-hydrogen) atoms. The van der Waals surface area contributed by atoms with Crippen LogP contribution in [0.2, 0.25) is 5.02 Å². The van der Waals surface area contributed by atoms with Crippen molar-refractivity contribution in [2.24, 2.45) is 0 Å². The molecule has 2 aromatic carbocycles. The molecule has 0 saturated heterocycles. The number of nitrogens with one attached hydrogen (secondary N) is 1. The Morgan fingerprint density at radius 3 is 2.43 bits per heavy atom. The summed E-state index contributed by atoms with van der Waals surface area (Å²) < 4.78 is 37.9. The molecule has 6 nitrogen and oxygen atoms in total. The molecule has 1 amide bonds. The summed E-state index contributed by atoms with van der Waals surface area (Å²) in [6, 6.07) is 10.6. The molecule has 1 N–H and O–H groups in total. The predicted octanol–water partition coefficient (Wildman–Crippen LogP) is 3.82. The second-order valence-corrected chi connectivity index (χ2v) is 6.77. The number of fused-ring (bicyclic) bond motifs is 1. The van der Waals surface area contributed by atoms with Gasteiger partial charge in [0.2, 0.25) is 0 Å². The topological polar surface area (TPSA) is 83.6 Å². The molecular formula is C18H13ClF3N5O. The average Bonchev–Trinajstić information content (AvgIpc) is 3.01. The number of carbonyl (C=O) groups is 1. The number of benzene rings is 2. The normalized spacial score (nSPS) is 13.7. The van der Waals surface area contributed by atoms with E-state index < -0.39 is 23.2 Å². The van der Waals surface area contributed by atoms with Crippen molar-refractivity contribution in [2.45, 2.75) is 25.2 Å². The van der Waals surface area contributed by atoms with Gasteiger partial charge in [-0.3, -0.25) is 4.79 Å². The third kappa shape index (κ3) is 4.23. The highest BCUT2D eigenvalue weighted by Gasteiger charge is 2.31. The van der Waals surface area contributed by atoms with Crippen LogP contribution in [-0.4, -0.2) is 26.4 Å². The summed E-state index contributed by atoms with van der Waals surface area (Å²) in [5, 5.41) is 21.0. The van der Waals surface area contributed by atoms with Crippen LogP contribution in [0.5, 0.6) is 0 Å². The maximum Gasteiger partial charge on any atom is 0.416 e. The first-order valence-corrected chi connectivity index (χ1v) is 8.39. The minimum absolute atomic E-state index is 0.000146. The molecule has 1 aromatic heterocycles. The van der Waals surface area contributed by atoms with Gasteiger partial charge in [0.05, 0.1) is 18.2 Å². The van der Waals surface area contributed by atoms with Gasteiger partial charge in [0.15, 0.2) is 0 Å². The zero-order valence-electron chi connectivity index (χ0n) is 14.5. The molecule has 0 bridgehead atoms. The van der Waals surface area contributed by atoms with E-state index in [0.29, 0.717) is 16.1 Å². The molecule has 0 aliphatic heterocycles. The first kappa shape index (κ1) is 19.6. The van der Waals surface area contributed by atoms with Gasteiger partial charge >= 0.3 is 6.18 Å². The minimum atomic E-state index is -4.49. The van der Waals surface area contributed by atoms with Gasteiger partial charge in [0, 0.05) is 10.6 Å². The lowest BCUT2D eigenvalue weighted by atomic mass is 10.0. The molecule has 1 heterocycles. The van der Waals surface area contributed by atoms with Crippen LogP contribution >= 0.6 is 11.6 Å². The van der Waals surface area contributed by atoms with Gasteiger partial charge in [0.25, 0.3) is 5.91 Å². The van der Waals surface area contributed by atoms with Gasteiger partial charge in [0.1, 0.15) is 16.6 Å². The molecule has 3 rings (SSSR count). The number of aromatic nitrogens is 3. The molecular weight excluding hydrogens is 395 g/mol.